The summed E-state index contributed by atoms with van der Waals surface area (Å²) in [5.41, 5.74) is 2.99. The average molecular weight is 404 g/mol. The quantitative estimate of drug-likeness (QED) is 0.641. The lowest BCUT2D eigenvalue weighted by Gasteiger charge is -2.08. The predicted octanol–water partition coefficient (Wildman–Crippen LogP) is 4.82. The van der Waals surface area contributed by atoms with Crippen molar-refractivity contribution in [1.29, 1.82) is 0 Å². The monoisotopic (exact) mass is 403 g/mol. The molecule has 0 aliphatic rings. The summed E-state index contributed by atoms with van der Waals surface area (Å²) in [6.07, 6.45) is 0. The Labute approximate surface area is 165 Å². The molecule has 1 aromatic heterocycles. The molecule has 5 nitrogen and oxygen atoms in total. The molecule has 0 bridgehead atoms. The maximum absolute atomic E-state index is 12.6. The number of aryl methyl sites for hydroxylation is 1. The molecule has 0 aliphatic heterocycles. The van der Waals surface area contributed by atoms with Gasteiger partial charge in [0.05, 0.1) is 11.4 Å². The summed E-state index contributed by atoms with van der Waals surface area (Å²) in [6, 6.07) is 16.1. The number of hydrogen-bond donors (Lipinski definition) is 1. The first kappa shape index (κ1) is 19.5. The van der Waals surface area contributed by atoms with Gasteiger partial charge < -0.3 is 0 Å². The molecule has 0 amide bonds. The third-order valence-electron chi connectivity index (χ3n) is 4.32. The fourth-order valence-corrected chi connectivity index (χ4v) is 3.82. The van der Waals surface area contributed by atoms with Crippen molar-refractivity contribution in [2.75, 3.05) is 4.72 Å². The number of halogens is 1. The van der Waals surface area contributed by atoms with Crippen molar-refractivity contribution < 1.29 is 8.42 Å². The van der Waals surface area contributed by atoms with Crippen LogP contribution in [0.1, 0.15) is 36.6 Å². The Morgan fingerprint density at radius 3 is 2.30 bits per heavy atom. The molecule has 27 heavy (non-hydrogen) atoms. The molecule has 3 rings (SSSR count). The van der Waals surface area contributed by atoms with Gasteiger partial charge in [0.15, 0.2) is 5.82 Å². The first-order valence-corrected chi connectivity index (χ1v) is 10.5. The summed E-state index contributed by atoms with van der Waals surface area (Å²) in [6.45, 7) is 6.56. The normalized spacial score (nSPS) is 11.7. The van der Waals surface area contributed by atoms with Crippen molar-refractivity contribution in [3.05, 3.63) is 76.4 Å². The zero-order valence-electron chi connectivity index (χ0n) is 15.5. The highest BCUT2D eigenvalue weighted by Crippen LogP contribution is 2.20. The van der Waals surface area contributed by atoms with Crippen molar-refractivity contribution in [3.8, 4) is 0 Å². The molecule has 2 aromatic carbocycles. The highest BCUT2D eigenvalue weighted by Gasteiger charge is 2.17. The lowest BCUT2D eigenvalue weighted by Crippen LogP contribution is -2.14. The third-order valence-corrected chi connectivity index (χ3v) is 5.95. The Hall–Kier alpha value is -2.31. The van der Waals surface area contributed by atoms with Gasteiger partial charge in [0, 0.05) is 16.8 Å². The Kier molecular flexibility index (Phi) is 5.58. The standard InChI is InChI=1S/C20H22ClN3O2S/c1-14(2)17-6-10-19(11-7-17)27(25,26)23-20-12-15(3)24(22-20)13-16-4-8-18(21)9-5-16/h4-12,14H,13H2,1-3H3,(H,22,23). The van der Waals surface area contributed by atoms with E-state index in [0.29, 0.717) is 23.3 Å². The van der Waals surface area contributed by atoms with Crippen LogP contribution in [-0.4, -0.2) is 18.2 Å². The molecule has 7 heteroatoms. The van der Waals surface area contributed by atoms with E-state index in [1.54, 1.807) is 22.9 Å². The van der Waals surface area contributed by atoms with E-state index in [1.165, 1.54) is 0 Å². The van der Waals surface area contributed by atoms with Gasteiger partial charge in [0.2, 0.25) is 0 Å². The topological polar surface area (TPSA) is 64.0 Å². The summed E-state index contributed by atoms with van der Waals surface area (Å²) >= 11 is 5.91. The minimum atomic E-state index is -3.68. The molecule has 0 aliphatic carbocycles. The molecule has 0 fully saturated rings. The molecule has 1 heterocycles. The molecule has 0 spiro atoms. The average Bonchev–Trinajstić information content (AvgIpc) is 2.95. The van der Waals surface area contributed by atoms with Gasteiger partial charge in [0.1, 0.15) is 0 Å². The van der Waals surface area contributed by atoms with Crippen molar-refractivity contribution >= 4 is 27.4 Å². The Morgan fingerprint density at radius 2 is 1.70 bits per heavy atom. The van der Waals surface area contributed by atoms with Crippen LogP contribution in [0.3, 0.4) is 0 Å². The van der Waals surface area contributed by atoms with E-state index in [1.807, 2.05) is 43.3 Å². The zero-order chi connectivity index (χ0) is 19.6. The van der Waals surface area contributed by atoms with Crippen molar-refractivity contribution in [2.45, 2.75) is 38.1 Å². The second-order valence-electron chi connectivity index (χ2n) is 6.78. The maximum Gasteiger partial charge on any atom is 0.263 e. The molecule has 0 saturated carbocycles. The Bertz CT molecular complexity index is 1020. The predicted molar refractivity (Wildman–Crippen MR) is 109 cm³/mol. The number of aromatic nitrogens is 2. The molecule has 0 radical (unpaired) electrons. The molecular formula is C20H22ClN3O2S. The fourth-order valence-electron chi connectivity index (χ4n) is 2.71. The van der Waals surface area contributed by atoms with Crippen LogP contribution in [0.15, 0.2) is 59.5 Å². The van der Waals surface area contributed by atoms with E-state index in [2.05, 4.69) is 23.7 Å². The largest absolute Gasteiger partial charge is 0.263 e. The minimum absolute atomic E-state index is 0.219. The van der Waals surface area contributed by atoms with Gasteiger partial charge in [-0.2, -0.15) is 5.10 Å². The summed E-state index contributed by atoms with van der Waals surface area (Å²) < 4.78 is 29.6. The van der Waals surface area contributed by atoms with Crippen LogP contribution in [-0.2, 0) is 16.6 Å². The van der Waals surface area contributed by atoms with Crippen LogP contribution in [0.4, 0.5) is 5.82 Å². The molecule has 0 atom stereocenters. The van der Waals surface area contributed by atoms with Crippen LogP contribution < -0.4 is 4.72 Å². The second-order valence-corrected chi connectivity index (χ2v) is 8.90. The Balaban J connectivity index is 1.78. The smallest absolute Gasteiger partial charge is 0.263 e. The summed E-state index contributed by atoms with van der Waals surface area (Å²) in [4.78, 5) is 0.219. The lowest BCUT2D eigenvalue weighted by molar-refractivity contribution is 0.600. The summed E-state index contributed by atoms with van der Waals surface area (Å²) in [5, 5.41) is 5.05. The van der Waals surface area contributed by atoms with Crippen LogP contribution >= 0.6 is 11.6 Å². The van der Waals surface area contributed by atoms with E-state index < -0.39 is 10.0 Å². The molecule has 3 aromatic rings. The highest BCUT2D eigenvalue weighted by molar-refractivity contribution is 7.92. The highest BCUT2D eigenvalue weighted by atomic mass is 35.5. The van der Waals surface area contributed by atoms with E-state index in [9.17, 15) is 8.42 Å². The van der Waals surface area contributed by atoms with Gasteiger partial charge in [0.25, 0.3) is 10.0 Å². The zero-order valence-corrected chi connectivity index (χ0v) is 17.1. The second kappa shape index (κ2) is 7.74. The molecule has 142 valence electrons. The number of hydrogen-bond acceptors (Lipinski definition) is 3. The summed E-state index contributed by atoms with van der Waals surface area (Å²) in [7, 11) is -3.68. The van der Waals surface area contributed by atoms with Gasteiger partial charge >= 0.3 is 0 Å². The van der Waals surface area contributed by atoms with Gasteiger partial charge in [-0.1, -0.05) is 49.7 Å². The van der Waals surface area contributed by atoms with Crippen molar-refractivity contribution in [1.82, 2.24) is 9.78 Å². The fraction of sp³-hybridized carbons (Fsp3) is 0.250. The number of sulfonamides is 1. The van der Waals surface area contributed by atoms with Crippen LogP contribution in [0, 0.1) is 6.92 Å². The van der Waals surface area contributed by atoms with Gasteiger partial charge in [-0.15, -0.1) is 0 Å². The third kappa shape index (κ3) is 4.70. The maximum atomic E-state index is 12.6. The molecule has 0 unspecified atom stereocenters. The minimum Gasteiger partial charge on any atom is -0.263 e. The van der Waals surface area contributed by atoms with Crippen molar-refractivity contribution in [2.24, 2.45) is 0 Å². The Morgan fingerprint density at radius 1 is 1.07 bits per heavy atom. The molecule has 1 N–H and O–H groups in total. The number of benzene rings is 2. The van der Waals surface area contributed by atoms with E-state index >= 15 is 0 Å². The van der Waals surface area contributed by atoms with Gasteiger partial charge in [-0.25, -0.2) is 8.42 Å². The van der Waals surface area contributed by atoms with Crippen molar-refractivity contribution in [3.63, 3.8) is 0 Å². The summed E-state index contributed by atoms with van der Waals surface area (Å²) in [5.74, 6) is 0.648. The first-order valence-electron chi connectivity index (χ1n) is 8.66. The van der Waals surface area contributed by atoms with Gasteiger partial charge in [-0.3, -0.25) is 9.40 Å². The number of nitrogens with one attached hydrogen (secondary N) is 1. The van der Waals surface area contributed by atoms with E-state index in [4.69, 9.17) is 11.6 Å². The van der Waals surface area contributed by atoms with Gasteiger partial charge in [-0.05, 0) is 48.2 Å². The van der Waals surface area contributed by atoms with Crippen LogP contribution in [0.5, 0.6) is 0 Å². The number of nitrogens with zero attached hydrogens (tertiary/aromatic N) is 2. The van der Waals surface area contributed by atoms with Crippen LogP contribution in [0.25, 0.3) is 0 Å². The van der Waals surface area contributed by atoms with Crippen LogP contribution in [0.2, 0.25) is 5.02 Å². The molecular weight excluding hydrogens is 382 g/mol. The number of anilines is 1. The number of rotatable bonds is 6. The first-order chi connectivity index (χ1) is 12.7. The molecule has 0 saturated heterocycles. The lowest BCUT2D eigenvalue weighted by atomic mass is 10.0. The van der Waals surface area contributed by atoms with E-state index in [-0.39, 0.29) is 4.90 Å². The SMILES string of the molecule is Cc1cc(NS(=O)(=O)c2ccc(C(C)C)cc2)nn1Cc1ccc(Cl)cc1. The van der Waals surface area contributed by atoms with E-state index in [0.717, 1.165) is 16.8 Å².